The molecule has 0 aliphatic rings. The molecule has 0 atom stereocenters. The molecule has 1 amide bonds. The van der Waals surface area contributed by atoms with Crippen LogP contribution in [0.1, 0.15) is 39.1 Å². The van der Waals surface area contributed by atoms with Gasteiger partial charge in [-0.2, -0.15) is 9.78 Å². The Balaban J connectivity index is 1.64. The smallest absolute Gasteiger partial charge is 0.282 e. The highest BCUT2D eigenvalue weighted by Gasteiger charge is 2.23. The average molecular weight is 630 g/mol. The van der Waals surface area contributed by atoms with E-state index < -0.39 is 23.7 Å². The Labute approximate surface area is 243 Å². The van der Waals surface area contributed by atoms with Gasteiger partial charge in [0.1, 0.15) is 11.6 Å². The summed E-state index contributed by atoms with van der Waals surface area (Å²) >= 11 is 9.91. The van der Waals surface area contributed by atoms with Gasteiger partial charge in [-0.25, -0.2) is 9.37 Å². The molecule has 4 rings (SSSR count). The number of para-hydroxylation sites is 1. The number of benzene rings is 3. The number of amides is 1. The van der Waals surface area contributed by atoms with Gasteiger partial charge >= 0.3 is 0 Å². The van der Waals surface area contributed by atoms with E-state index in [-0.39, 0.29) is 27.8 Å². The number of anilines is 1. The molecule has 0 saturated heterocycles. The van der Waals surface area contributed by atoms with E-state index in [0.717, 1.165) is 4.47 Å². The van der Waals surface area contributed by atoms with Gasteiger partial charge in [0.2, 0.25) is 0 Å². The summed E-state index contributed by atoms with van der Waals surface area (Å²) < 4.78 is 27.2. The average Bonchev–Trinajstić information content (AvgIpc) is 2.89. The molecule has 0 bridgehead atoms. The Morgan fingerprint density at radius 3 is 2.62 bits per heavy atom. The van der Waals surface area contributed by atoms with Gasteiger partial charge in [0.15, 0.2) is 18.1 Å². The summed E-state index contributed by atoms with van der Waals surface area (Å²) in [7, 11) is 0. The van der Waals surface area contributed by atoms with Gasteiger partial charge in [-0.3, -0.25) is 9.59 Å². The fourth-order valence-electron chi connectivity index (χ4n) is 3.82. The molecular formula is C29H27BrClFN4O4. The fourth-order valence-corrected chi connectivity index (χ4v) is 4.45. The lowest BCUT2D eigenvalue weighted by Crippen LogP contribution is -2.29. The van der Waals surface area contributed by atoms with E-state index in [1.165, 1.54) is 29.1 Å². The van der Waals surface area contributed by atoms with E-state index in [4.69, 9.17) is 26.1 Å². The van der Waals surface area contributed by atoms with Gasteiger partial charge in [-0.15, -0.1) is 0 Å². The Bertz CT molecular complexity index is 1670. The monoisotopic (exact) mass is 628 g/mol. The number of aromatic nitrogens is 2. The third-order valence-corrected chi connectivity index (χ3v) is 6.40. The molecule has 0 radical (unpaired) electrons. The van der Waals surface area contributed by atoms with Crippen molar-refractivity contribution < 1.29 is 18.7 Å². The van der Waals surface area contributed by atoms with Crippen LogP contribution in [0.15, 0.2) is 69.0 Å². The van der Waals surface area contributed by atoms with E-state index in [2.05, 4.69) is 26.3 Å². The number of hydrogen-bond acceptors (Lipinski definition) is 6. The number of fused-ring (bicyclic) bond motifs is 1. The molecule has 3 aromatic carbocycles. The molecule has 0 aliphatic heterocycles. The Kier molecular flexibility index (Phi) is 8.90. The van der Waals surface area contributed by atoms with E-state index >= 15 is 0 Å². The number of ether oxygens (including phenoxy) is 2. The van der Waals surface area contributed by atoms with Crippen LogP contribution in [0.25, 0.3) is 10.9 Å². The first-order valence-corrected chi connectivity index (χ1v) is 13.6. The summed E-state index contributed by atoms with van der Waals surface area (Å²) in [6.07, 6.45) is 1.48. The van der Waals surface area contributed by atoms with Crippen molar-refractivity contribution in [3.8, 4) is 11.5 Å². The van der Waals surface area contributed by atoms with Gasteiger partial charge < -0.3 is 14.8 Å². The zero-order valence-corrected chi connectivity index (χ0v) is 24.6. The minimum absolute atomic E-state index is 0.0409. The van der Waals surface area contributed by atoms with E-state index in [1.807, 2.05) is 26.8 Å². The number of carbonyl (C=O) groups excluding carboxylic acids is 1. The standard InChI is InChI=1S/C29H27BrClFN4O4/c1-5-39-24-13-17(12-20(31)26(24)40-16-25(37)34-23-9-7-6-8-21(23)32)15-33-36-27(38)19-14-18(30)10-11-22(19)35-28(36)29(2,3)4/h6-15H,5,16H2,1-4H3,(H,34,37). The third-order valence-electron chi connectivity index (χ3n) is 5.63. The molecule has 1 heterocycles. The fraction of sp³-hybridized carbons (Fsp3) is 0.241. The molecule has 0 fully saturated rings. The summed E-state index contributed by atoms with van der Waals surface area (Å²) in [5.74, 6) is -0.219. The zero-order valence-electron chi connectivity index (χ0n) is 22.3. The summed E-state index contributed by atoms with van der Waals surface area (Å²) in [5, 5.41) is 7.51. The predicted octanol–water partition coefficient (Wildman–Crippen LogP) is 6.55. The third kappa shape index (κ3) is 6.68. The molecule has 8 nitrogen and oxygen atoms in total. The number of nitrogens with zero attached hydrogens (tertiary/aromatic N) is 3. The van der Waals surface area contributed by atoms with E-state index in [9.17, 15) is 14.0 Å². The van der Waals surface area contributed by atoms with Crippen LogP contribution in [0.5, 0.6) is 11.5 Å². The van der Waals surface area contributed by atoms with Crippen LogP contribution in [-0.2, 0) is 10.2 Å². The lowest BCUT2D eigenvalue weighted by atomic mass is 9.95. The van der Waals surface area contributed by atoms with Crippen molar-refractivity contribution in [2.24, 2.45) is 5.10 Å². The molecule has 1 N–H and O–H groups in total. The number of nitrogens with one attached hydrogen (secondary N) is 1. The molecule has 0 unspecified atom stereocenters. The van der Waals surface area contributed by atoms with Gasteiger partial charge in [-0.05, 0) is 55.0 Å². The van der Waals surface area contributed by atoms with E-state index in [1.54, 1.807) is 37.3 Å². The van der Waals surface area contributed by atoms with Gasteiger partial charge in [0, 0.05) is 9.89 Å². The number of hydrogen-bond donors (Lipinski definition) is 1. The van der Waals surface area contributed by atoms with Crippen LogP contribution in [0.3, 0.4) is 0 Å². The minimum atomic E-state index is -0.571. The normalized spacial score (nSPS) is 11.7. The summed E-state index contributed by atoms with van der Waals surface area (Å²) in [4.78, 5) is 30.5. The first-order valence-electron chi connectivity index (χ1n) is 12.4. The van der Waals surface area contributed by atoms with Crippen LogP contribution >= 0.6 is 27.5 Å². The second-order valence-corrected chi connectivity index (χ2v) is 11.1. The summed E-state index contributed by atoms with van der Waals surface area (Å²) in [5.41, 5.74) is 0.348. The van der Waals surface area contributed by atoms with Crippen molar-refractivity contribution in [2.45, 2.75) is 33.1 Å². The Morgan fingerprint density at radius 1 is 1.18 bits per heavy atom. The molecule has 1 aromatic heterocycles. The lowest BCUT2D eigenvalue weighted by molar-refractivity contribution is -0.118. The van der Waals surface area contributed by atoms with Crippen molar-refractivity contribution in [3.63, 3.8) is 0 Å². The molecule has 11 heteroatoms. The van der Waals surface area contributed by atoms with Gasteiger partial charge in [-0.1, -0.05) is 60.4 Å². The first kappa shape index (κ1) is 29.2. The minimum Gasteiger partial charge on any atom is -0.490 e. The molecule has 0 spiro atoms. The molecule has 0 aliphatic carbocycles. The predicted molar refractivity (Wildman–Crippen MR) is 159 cm³/mol. The Morgan fingerprint density at radius 2 is 1.93 bits per heavy atom. The number of halogens is 3. The van der Waals surface area contributed by atoms with Crippen LogP contribution in [0, 0.1) is 5.82 Å². The van der Waals surface area contributed by atoms with Crippen LogP contribution in [-0.4, -0.2) is 35.0 Å². The van der Waals surface area contributed by atoms with E-state index in [0.29, 0.717) is 28.9 Å². The molecule has 208 valence electrons. The highest BCUT2D eigenvalue weighted by atomic mass is 79.9. The maximum atomic E-state index is 13.9. The largest absolute Gasteiger partial charge is 0.490 e. The van der Waals surface area contributed by atoms with Crippen molar-refractivity contribution in [3.05, 3.63) is 91.7 Å². The number of rotatable bonds is 8. The maximum absolute atomic E-state index is 13.9. The van der Waals surface area contributed by atoms with Crippen molar-refractivity contribution in [1.29, 1.82) is 0 Å². The van der Waals surface area contributed by atoms with Crippen molar-refractivity contribution in [2.75, 3.05) is 18.5 Å². The first-order chi connectivity index (χ1) is 19.0. The second-order valence-electron chi connectivity index (χ2n) is 9.79. The van der Waals surface area contributed by atoms with Crippen LogP contribution in [0.4, 0.5) is 10.1 Å². The molecule has 40 heavy (non-hydrogen) atoms. The maximum Gasteiger partial charge on any atom is 0.282 e. The van der Waals surface area contributed by atoms with Crippen LogP contribution < -0.4 is 20.3 Å². The molecule has 0 saturated carbocycles. The lowest BCUT2D eigenvalue weighted by Gasteiger charge is -2.21. The second kappa shape index (κ2) is 12.2. The summed E-state index contributed by atoms with van der Waals surface area (Å²) in [6.45, 7) is 7.51. The van der Waals surface area contributed by atoms with Crippen molar-refractivity contribution >= 4 is 56.2 Å². The van der Waals surface area contributed by atoms with Crippen LogP contribution in [0.2, 0.25) is 5.02 Å². The Hall–Kier alpha value is -3.76. The summed E-state index contributed by atoms with van der Waals surface area (Å²) in [6, 6.07) is 14.4. The SMILES string of the molecule is CCOc1cc(C=Nn2c(C(C)(C)C)nc3ccc(Br)cc3c2=O)cc(Cl)c1OCC(=O)Nc1ccccc1F. The van der Waals surface area contributed by atoms with Gasteiger partial charge in [0.05, 0.1) is 34.4 Å². The van der Waals surface area contributed by atoms with Crippen molar-refractivity contribution in [1.82, 2.24) is 9.66 Å². The highest BCUT2D eigenvalue weighted by molar-refractivity contribution is 9.10. The zero-order chi connectivity index (χ0) is 29.0. The molecule has 4 aromatic rings. The quantitative estimate of drug-likeness (QED) is 0.223. The number of carbonyl (C=O) groups is 1. The van der Waals surface area contributed by atoms with Gasteiger partial charge in [0.25, 0.3) is 11.5 Å². The highest BCUT2D eigenvalue weighted by Crippen LogP contribution is 2.36. The molecular weight excluding hydrogens is 603 g/mol. The topological polar surface area (TPSA) is 94.8 Å².